The number of nitrogens with zero attached hydrogens (tertiary/aromatic N) is 4. The van der Waals surface area contributed by atoms with Crippen molar-refractivity contribution >= 4 is 11.9 Å². The zero-order valence-electron chi connectivity index (χ0n) is 14.0. The number of guanidine groups is 1. The quantitative estimate of drug-likeness (QED) is 0.584. The van der Waals surface area contributed by atoms with Crippen LogP contribution in [0, 0.1) is 0 Å². The van der Waals surface area contributed by atoms with E-state index in [0.29, 0.717) is 25.7 Å². The molecule has 25 heavy (non-hydrogen) atoms. The summed E-state index contributed by atoms with van der Waals surface area (Å²) in [5.41, 5.74) is 0.922. The van der Waals surface area contributed by atoms with Gasteiger partial charge in [-0.1, -0.05) is 0 Å². The third-order valence-electron chi connectivity index (χ3n) is 3.57. The molecule has 0 bridgehead atoms. The Morgan fingerprint density at radius 1 is 1.48 bits per heavy atom. The van der Waals surface area contributed by atoms with Gasteiger partial charge in [0.25, 0.3) is 0 Å². The van der Waals surface area contributed by atoms with Crippen LogP contribution < -0.4 is 10.6 Å². The van der Waals surface area contributed by atoms with E-state index in [1.54, 1.807) is 23.2 Å². The molecule has 11 heteroatoms. The third kappa shape index (κ3) is 5.93. The molecule has 1 aromatic heterocycles. The molecule has 8 nitrogen and oxygen atoms in total. The number of aryl methyl sites for hydroxylation is 1. The fraction of sp³-hybridized carbons (Fsp3) is 0.643. The van der Waals surface area contributed by atoms with E-state index in [-0.39, 0.29) is 12.6 Å². The van der Waals surface area contributed by atoms with Crippen LogP contribution in [0.3, 0.4) is 0 Å². The molecule has 1 aliphatic rings. The molecule has 1 aliphatic heterocycles. The van der Waals surface area contributed by atoms with Crippen molar-refractivity contribution in [1.29, 1.82) is 0 Å². The average molecular weight is 362 g/mol. The van der Waals surface area contributed by atoms with Crippen LogP contribution in [-0.4, -0.2) is 72.6 Å². The van der Waals surface area contributed by atoms with Crippen LogP contribution in [0.2, 0.25) is 0 Å². The SMILES string of the molecule is CN=C(NCC(=O)NCC(F)(F)F)N1CCOC(c2cnn(C)c2)C1. The minimum absolute atomic E-state index is 0.194. The molecule has 0 aliphatic carbocycles. The lowest BCUT2D eigenvalue weighted by Crippen LogP contribution is -2.50. The number of hydrogen-bond acceptors (Lipinski definition) is 4. The Morgan fingerprint density at radius 3 is 2.84 bits per heavy atom. The van der Waals surface area contributed by atoms with Gasteiger partial charge in [-0.25, -0.2) is 0 Å². The Morgan fingerprint density at radius 2 is 2.24 bits per heavy atom. The lowest BCUT2D eigenvalue weighted by atomic mass is 10.1. The number of nitrogens with one attached hydrogen (secondary N) is 2. The zero-order valence-corrected chi connectivity index (χ0v) is 14.0. The highest BCUT2D eigenvalue weighted by Crippen LogP contribution is 2.21. The first-order chi connectivity index (χ1) is 11.8. The van der Waals surface area contributed by atoms with Gasteiger partial charge in [0, 0.05) is 32.4 Å². The highest BCUT2D eigenvalue weighted by molar-refractivity contribution is 5.86. The summed E-state index contributed by atoms with van der Waals surface area (Å²) in [4.78, 5) is 17.5. The molecule has 1 unspecified atom stereocenters. The van der Waals surface area contributed by atoms with Crippen molar-refractivity contribution in [2.24, 2.45) is 12.0 Å². The molecule has 2 N–H and O–H groups in total. The van der Waals surface area contributed by atoms with E-state index in [1.165, 1.54) is 0 Å². The van der Waals surface area contributed by atoms with Crippen LogP contribution >= 0.6 is 0 Å². The van der Waals surface area contributed by atoms with Crippen molar-refractivity contribution in [2.75, 3.05) is 39.8 Å². The van der Waals surface area contributed by atoms with Crippen LogP contribution in [0.25, 0.3) is 0 Å². The van der Waals surface area contributed by atoms with Crippen molar-refractivity contribution in [1.82, 2.24) is 25.3 Å². The summed E-state index contributed by atoms with van der Waals surface area (Å²) in [5, 5.41) is 8.69. The van der Waals surface area contributed by atoms with Gasteiger partial charge in [0.05, 0.1) is 25.9 Å². The highest BCUT2D eigenvalue weighted by Gasteiger charge is 2.28. The summed E-state index contributed by atoms with van der Waals surface area (Å²) in [6.07, 6.45) is -1.05. The van der Waals surface area contributed by atoms with Gasteiger partial charge in [0.15, 0.2) is 5.96 Å². The summed E-state index contributed by atoms with van der Waals surface area (Å²) in [6.45, 7) is -0.138. The molecule has 0 saturated carbocycles. The topological polar surface area (TPSA) is 83.8 Å². The predicted molar refractivity (Wildman–Crippen MR) is 83.9 cm³/mol. The minimum atomic E-state index is -4.43. The summed E-state index contributed by atoms with van der Waals surface area (Å²) < 4.78 is 43.7. The molecule has 0 radical (unpaired) electrons. The van der Waals surface area contributed by atoms with Gasteiger partial charge in [-0.2, -0.15) is 18.3 Å². The molecule has 1 aromatic rings. The third-order valence-corrected chi connectivity index (χ3v) is 3.57. The number of aliphatic imine (C=N–C) groups is 1. The normalized spacial score (nSPS) is 19.0. The van der Waals surface area contributed by atoms with Gasteiger partial charge in [-0.15, -0.1) is 0 Å². The molecular weight excluding hydrogens is 341 g/mol. The molecular formula is C14H21F3N6O2. The second-order valence-corrected chi connectivity index (χ2v) is 5.55. The number of carbonyl (C=O) groups excluding carboxylic acids is 1. The Kier molecular flexibility index (Phi) is 6.23. The maximum atomic E-state index is 12.1. The van der Waals surface area contributed by atoms with E-state index in [2.05, 4.69) is 15.4 Å². The molecule has 140 valence electrons. The van der Waals surface area contributed by atoms with Crippen LogP contribution in [0.4, 0.5) is 13.2 Å². The van der Waals surface area contributed by atoms with Crippen molar-refractivity contribution in [3.05, 3.63) is 18.0 Å². The highest BCUT2D eigenvalue weighted by atomic mass is 19.4. The Balaban J connectivity index is 1.86. The molecule has 2 heterocycles. The number of aromatic nitrogens is 2. The van der Waals surface area contributed by atoms with Crippen molar-refractivity contribution < 1.29 is 22.7 Å². The summed E-state index contributed by atoms with van der Waals surface area (Å²) in [5.74, 6) is -0.324. The van der Waals surface area contributed by atoms with Crippen LogP contribution in [0.5, 0.6) is 0 Å². The number of alkyl halides is 3. The van der Waals surface area contributed by atoms with Gasteiger partial charge in [0.1, 0.15) is 12.6 Å². The van der Waals surface area contributed by atoms with Gasteiger partial charge < -0.3 is 20.3 Å². The van der Waals surface area contributed by atoms with Gasteiger partial charge in [0.2, 0.25) is 5.91 Å². The molecule has 0 aromatic carbocycles. The maximum Gasteiger partial charge on any atom is 0.405 e. The number of rotatable bonds is 4. The van der Waals surface area contributed by atoms with Crippen LogP contribution in [-0.2, 0) is 16.6 Å². The number of morpholine rings is 1. The fourth-order valence-electron chi connectivity index (χ4n) is 2.40. The van der Waals surface area contributed by atoms with E-state index in [0.717, 1.165) is 5.56 Å². The molecule has 1 amide bonds. The summed E-state index contributed by atoms with van der Waals surface area (Å²) >= 11 is 0. The van der Waals surface area contributed by atoms with E-state index in [4.69, 9.17) is 4.74 Å². The first kappa shape index (κ1) is 19.0. The zero-order chi connectivity index (χ0) is 18.4. The number of hydrogen-bond donors (Lipinski definition) is 2. The number of carbonyl (C=O) groups is 1. The smallest absolute Gasteiger partial charge is 0.370 e. The first-order valence-electron chi connectivity index (χ1n) is 7.67. The number of ether oxygens (including phenoxy) is 1. The van der Waals surface area contributed by atoms with Gasteiger partial charge in [-0.3, -0.25) is 14.5 Å². The average Bonchev–Trinajstić information content (AvgIpc) is 3.00. The lowest BCUT2D eigenvalue weighted by Gasteiger charge is -2.34. The minimum Gasteiger partial charge on any atom is -0.370 e. The van der Waals surface area contributed by atoms with E-state index in [9.17, 15) is 18.0 Å². The summed E-state index contributed by atoms with van der Waals surface area (Å²) in [6, 6.07) is 0. The predicted octanol–water partition coefficient (Wildman–Crippen LogP) is 0.0473. The first-order valence-corrected chi connectivity index (χ1v) is 7.67. The second-order valence-electron chi connectivity index (χ2n) is 5.55. The van der Waals surface area contributed by atoms with Crippen molar-refractivity contribution in [2.45, 2.75) is 12.3 Å². The van der Waals surface area contributed by atoms with Crippen molar-refractivity contribution in [3.8, 4) is 0 Å². The number of amides is 1. The molecule has 2 rings (SSSR count). The van der Waals surface area contributed by atoms with Crippen LogP contribution in [0.15, 0.2) is 17.4 Å². The molecule has 1 atom stereocenters. The molecule has 0 spiro atoms. The molecule has 1 saturated heterocycles. The lowest BCUT2D eigenvalue weighted by molar-refractivity contribution is -0.137. The van der Waals surface area contributed by atoms with Crippen molar-refractivity contribution in [3.63, 3.8) is 0 Å². The largest absolute Gasteiger partial charge is 0.405 e. The molecule has 1 fully saturated rings. The second kappa shape index (κ2) is 8.19. The van der Waals surface area contributed by atoms with Gasteiger partial charge >= 0.3 is 6.18 Å². The number of halogens is 3. The fourth-order valence-corrected chi connectivity index (χ4v) is 2.40. The van der Waals surface area contributed by atoms with E-state index < -0.39 is 18.6 Å². The van der Waals surface area contributed by atoms with Gasteiger partial charge in [-0.05, 0) is 0 Å². The van der Waals surface area contributed by atoms with E-state index >= 15 is 0 Å². The monoisotopic (exact) mass is 362 g/mol. The summed E-state index contributed by atoms with van der Waals surface area (Å²) in [7, 11) is 3.36. The Hall–Kier alpha value is -2.30. The Bertz CT molecular complexity index is 616. The van der Waals surface area contributed by atoms with Crippen LogP contribution in [0.1, 0.15) is 11.7 Å². The standard InChI is InChI=1S/C14H21F3N6O2/c1-18-13(19-6-12(24)20-9-14(15,16)17)23-3-4-25-11(8-23)10-5-21-22(2)7-10/h5,7,11H,3-4,6,8-9H2,1-2H3,(H,18,19)(H,20,24). The maximum absolute atomic E-state index is 12.1. The van der Waals surface area contributed by atoms with E-state index in [1.807, 2.05) is 18.1 Å². The Labute approximate surface area is 143 Å².